The molecule has 1 aliphatic carbocycles. The number of rotatable bonds is 3. The lowest BCUT2D eigenvalue weighted by molar-refractivity contribution is -0.0717. The summed E-state index contributed by atoms with van der Waals surface area (Å²) in [6.07, 6.45) is 3.54. The molecule has 0 aromatic heterocycles. The van der Waals surface area contributed by atoms with Crippen LogP contribution < -0.4 is 0 Å². The van der Waals surface area contributed by atoms with Gasteiger partial charge in [0.2, 0.25) is 0 Å². The molecule has 2 fully saturated rings. The van der Waals surface area contributed by atoms with E-state index in [1.807, 2.05) is 0 Å². The van der Waals surface area contributed by atoms with E-state index in [4.69, 9.17) is 4.74 Å². The fourth-order valence-electron chi connectivity index (χ4n) is 2.43. The Kier molecular flexibility index (Phi) is 3.10. The van der Waals surface area contributed by atoms with Crippen molar-refractivity contribution in [2.45, 2.75) is 38.9 Å². The van der Waals surface area contributed by atoms with E-state index in [0.29, 0.717) is 17.6 Å². The van der Waals surface area contributed by atoms with Gasteiger partial charge in [-0.25, -0.2) is 0 Å². The topological polar surface area (TPSA) is 12.5 Å². The van der Waals surface area contributed by atoms with Crippen LogP contribution in [0.25, 0.3) is 0 Å². The van der Waals surface area contributed by atoms with Crippen molar-refractivity contribution in [3.05, 3.63) is 0 Å². The van der Waals surface area contributed by atoms with Crippen molar-refractivity contribution in [1.29, 1.82) is 0 Å². The van der Waals surface area contributed by atoms with Crippen LogP contribution in [0.2, 0.25) is 0 Å². The molecule has 14 heavy (non-hydrogen) atoms. The number of nitrogens with zero attached hydrogens (tertiary/aromatic N) is 1. The lowest BCUT2D eigenvalue weighted by atomic mass is 10.1. The molecule has 0 aromatic carbocycles. The first-order chi connectivity index (χ1) is 6.63. The van der Waals surface area contributed by atoms with Crippen molar-refractivity contribution in [2.75, 3.05) is 25.4 Å². The zero-order chi connectivity index (χ0) is 10.2. The van der Waals surface area contributed by atoms with Crippen LogP contribution in [0, 0.1) is 5.41 Å². The summed E-state index contributed by atoms with van der Waals surface area (Å²) in [6.45, 7) is 7.76. The Balaban J connectivity index is 1.85. The van der Waals surface area contributed by atoms with E-state index in [-0.39, 0.29) is 0 Å². The zero-order valence-corrected chi connectivity index (χ0v) is 10.1. The van der Waals surface area contributed by atoms with Crippen molar-refractivity contribution in [3.8, 4) is 0 Å². The molecule has 2 rings (SSSR count). The molecule has 0 aromatic rings. The molecule has 1 heterocycles. The summed E-state index contributed by atoms with van der Waals surface area (Å²) in [5.41, 5.74) is 0.555. The van der Waals surface area contributed by atoms with Crippen LogP contribution in [-0.4, -0.2) is 42.5 Å². The summed E-state index contributed by atoms with van der Waals surface area (Å²) < 4.78 is 5.72. The maximum absolute atomic E-state index is 5.72. The minimum atomic E-state index is 0.398. The molecule has 3 heteroatoms. The Morgan fingerprint density at radius 3 is 2.29 bits per heavy atom. The van der Waals surface area contributed by atoms with Gasteiger partial charge in [0.05, 0.1) is 12.2 Å². The molecular weight excluding hydrogens is 194 g/mol. The van der Waals surface area contributed by atoms with Crippen molar-refractivity contribution < 1.29 is 4.74 Å². The zero-order valence-electron chi connectivity index (χ0n) is 9.20. The summed E-state index contributed by atoms with van der Waals surface area (Å²) in [4.78, 5) is 2.56. The number of hydrogen-bond donors (Lipinski definition) is 1. The van der Waals surface area contributed by atoms with E-state index >= 15 is 0 Å². The van der Waals surface area contributed by atoms with Gasteiger partial charge >= 0.3 is 0 Å². The summed E-state index contributed by atoms with van der Waals surface area (Å²) in [7, 11) is 0. The van der Waals surface area contributed by atoms with Crippen LogP contribution in [0.3, 0.4) is 0 Å². The highest BCUT2D eigenvalue weighted by Gasteiger charge is 2.43. The Morgan fingerprint density at radius 2 is 1.86 bits per heavy atom. The second kappa shape index (κ2) is 4.03. The third-order valence-electron chi connectivity index (χ3n) is 3.35. The molecule has 0 unspecified atom stereocenters. The van der Waals surface area contributed by atoms with E-state index < -0.39 is 0 Å². The van der Waals surface area contributed by atoms with Crippen LogP contribution in [0.4, 0.5) is 0 Å². The second-order valence-corrected chi connectivity index (χ2v) is 5.43. The van der Waals surface area contributed by atoms with E-state index in [1.54, 1.807) is 0 Å². The third-order valence-corrected chi connectivity index (χ3v) is 4.02. The molecule has 1 saturated carbocycles. The highest BCUT2D eigenvalue weighted by Crippen LogP contribution is 2.47. The van der Waals surface area contributed by atoms with Crippen molar-refractivity contribution in [3.63, 3.8) is 0 Å². The third kappa shape index (κ3) is 2.44. The largest absolute Gasteiger partial charge is 0.373 e. The Morgan fingerprint density at radius 1 is 1.29 bits per heavy atom. The first kappa shape index (κ1) is 10.8. The summed E-state index contributed by atoms with van der Waals surface area (Å²) in [5.74, 6) is 1.05. The first-order valence-corrected chi connectivity index (χ1v) is 6.25. The Hall–Kier alpha value is 0.270. The lowest BCUT2D eigenvalue weighted by Crippen LogP contribution is -2.47. The maximum Gasteiger partial charge on any atom is 0.0678 e. The minimum Gasteiger partial charge on any atom is -0.373 e. The Labute approximate surface area is 92.4 Å². The van der Waals surface area contributed by atoms with E-state index in [0.717, 1.165) is 18.8 Å². The standard InChI is InChI=1S/C11H21NOS/c1-9-5-12(6-10(2)13-9)7-11(8-14)3-4-11/h9-10,14H,3-8H2,1-2H3/t9-,10+. The fraction of sp³-hybridized carbons (Fsp3) is 1.00. The highest BCUT2D eigenvalue weighted by atomic mass is 32.1. The van der Waals surface area contributed by atoms with Crippen molar-refractivity contribution >= 4 is 12.6 Å². The fourth-order valence-corrected chi connectivity index (χ4v) is 2.85. The minimum absolute atomic E-state index is 0.398. The number of hydrogen-bond acceptors (Lipinski definition) is 3. The molecule has 0 bridgehead atoms. The molecule has 0 spiro atoms. The maximum atomic E-state index is 5.72. The van der Waals surface area contributed by atoms with Gasteiger partial charge in [-0.2, -0.15) is 12.6 Å². The molecule has 2 aliphatic rings. The van der Waals surface area contributed by atoms with E-state index in [1.165, 1.54) is 19.4 Å². The molecule has 2 atom stereocenters. The molecule has 1 saturated heterocycles. The van der Waals surface area contributed by atoms with Gasteiger partial charge in [-0.3, -0.25) is 4.90 Å². The number of morpholine rings is 1. The van der Waals surface area contributed by atoms with Gasteiger partial charge in [-0.05, 0) is 37.9 Å². The van der Waals surface area contributed by atoms with Crippen LogP contribution in [-0.2, 0) is 4.74 Å². The van der Waals surface area contributed by atoms with Crippen LogP contribution in [0.5, 0.6) is 0 Å². The quantitative estimate of drug-likeness (QED) is 0.721. The van der Waals surface area contributed by atoms with Gasteiger partial charge in [0, 0.05) is 19.6 Å². The molecule has 2 nitrogen and oxygen atoms in total. The molecule has 0 N–H and O–H groups in total. The SMILES string of the molecule is C[C@@H]1CN(CC2(CS)CC2)C[C@H](C)O1. The van der Waals surface area contributed by atoms with E-state index in [9.17, 15) is 0 Å². The summed E-state index contributed by atoms with van der Waals surface area (Å²) in [6, 6.07) is 0. The number of thiol groups is 1. The van der Waals surface area contributed by atoms with Gasteiger partial charge in [0.25, 0.3) is 0 Å². The van der Waals surface area contributed by atoms with Crippen LogP contribution in [0.15, 0.2) is 0 Å². The van der Waals surface area contributed by atoms with Gasteiger partial charge in [0.15, 0.2) is 0 Å². The van der Waals surface area contributed by atoms with Crippen molar-refractivity contribution in [2.24, 2.45) is 5.41 Å². The van der Waals surface area contributed by atoms with Crippen LogP contribution >= 0.6 is 12.6 Å². The number of ether oxygens (including phenoxy) is 1. The molecule has 0 amide bonds. The predicted molar refractivity (Wildman–Crippen MR) is 62.0 cm³/mol. The average molecular weight is 215 g/mol. The monoisotopic (exact) mass is 215 g/mol. The van der Waals surface area contributed by atoms with Gasteiger partial charge < -0.3 is 4.74 Å². The Bertz CT molecular complexity index is 195. The van der Waals surface area contributed by atoms with Crippen molar-refractivity contribution in [1.82, 2.24) is 4.90 Å². The van der Waals surface area contributed by atoms with Crippen LogP contribution in [0.1, 0.15) is 26.7 Å². The molecule has 0 radical (unpaired) electrons. The average Bonchev–Trinajstić information content (AvgIpc) is 2.83. The van der Waals surface area contributed by atoms with Gasteiger partial charge in [0.1, 0.15) is 0 Å². The normalized spacial score (nSPS) is 37.1. The van der Waals surface area contributed by atoms with Gasteiger partial charge in [-0.1, -0.05) is 0 Å². The smallest absolute Gasteiger partial charge is 0.0678 e. The highest BCUT2D eigenvalue weighted by molar-refractivity contribution is 7.80. The summed E-state index contributed by atoms with van der Waals surface area (Å²) in [5, 5.41) is 0. The lowest BCUT2D eigenvalue weighted by Gasteiger charge is -2.37. The molecule has 82 valence electrons. The van der Waals surface area contributed by atoms with E-state index in [2.05, 4.69) is 31.4 Å². The molecule has 1 aliphatic heterocycles. The van der Waals surface area contributed by atoms with Gasteiger partial charge in [-0.15, -0.1) is 0 Å². The second-order valence-electron chi connectivity index (χ2n) is 5.11. The molecular formula is C11H21NOS. The first-order valence-electron chi connectivity index (χ1n) is 5.62. The predicted octanol–water partition coefficient (Wildman–Crippen LogP) is 1.81. The summed E-state index contributed by atoms with van der Waals surface area (Å²) >= 11 is 4.45.